The normalized spacial score (nSPS) is 29.1. The number of aliphatic hydroxyl groups is 1. The molecular formula is C26H40N2O9S. The van der Waals surface area contributed by atoms with Crippen molar-refractivity contribution in [1.29, 1.82) is 0 Å². The molecule has 0 spiro atoms. The Hall–Kier alpha value is -2.12. The molecule has 0 aromatic heterocycles. The summed E-state index contributed by atoms with van der Waals surface area (Å²) in [7, 11) is -2.27. The summed E-state index contributed by atoms with van der Waals surface area (Å²) in [6.45, 7) is 3.92. The topological polar surface area (TPSA) is 154 Å². The lowest BCUT2D eigenvalue weighted by Gasteiger charge is -2.51. The second kappa shape index (κ2) is 13.3. The lowest BCUT2D eigenvalue weighted by molar-refractivity contribution is -0.384. The predicted octanol–water partition coefficient (Wildman–Crippen LogP) is 3.40. The first kappa shape index (κ1) is 30.4. The van der Waals surface area contributed by atoms with E-state index in [4.69, 9.17) is 14.2 Å². The highest BCUT2D eigenvalue weighted by atomic mass is 32.2. The van der Waals surface area contributed by atoms with Crippen LogP contribution >= 0.6 is 0 Å². The number of carbonyl (C=O) groups excluding carboxylic acids is 1. The lowest BCUT2D eigenvalue weighted by Crippen LogP contribution is -2.51. The molecule has 12 heteroatoms. The van der Waals surface area contributed by atoms with Crippen LogP contribution in [0.25, 0.3) is 0 Å². The fourth-order valence-corrected chi connectivity index (χ4v) is 7.84. The number of carbonyl (C=O) groups is 1. The van der Waals surface area contributed by atoms with Gasteiger partial charge in [0.2, 0.25) is 10.0 Å². The van der Waals surface area contributed by atoms with Crippen molar-refractivity contribution < 1.29 is 37.5 Å². The number of aliphatic hydroxyl groups excluding tert-OH is 1. The van der Waals surface area contributed by atoms with Gasteiger partial charge in [-0.1, -0.05) is 6.92 Å². The van der Waals surface area contributed by atoms with E-state index in [9.17, 15) is 28.4 Å². The molecule has 2 N–H and O–H groups in total. The van der Waals surface area contributed by atoms with Gasteiger partial charge in [-0.3, -0.25) is 14.9 Å². The quantitative estimate of drug-likeness (QED) is 0.115. The van der Waals surface area contributed by atoms with Crippen LogP contribution in [0.1, 0.15) is 58.8 Å². The summed E-state index contributed by atoms with van der Waals surface area (Å²) in [4.78, 5) is 22.2. The molecule has 214 valence electrons. The fourth-order valence-electron chi connectivity index (χ4n) is 6.76. The summed E-state index contributed by atoms with van der Waals surface area (Å²) < 4.78 is 45.5. The molecule has 2 aliphatic rings. The summed E-state index contributed by atoms with van der Waals surface area (Å²) in [5, 5.41) is 20.5. The van der Waals surface area contributed by atoms with E-state index in [0.717, 1.165) is 12.8 Å². The zero-order valence-electron chi connectivity index (χ0n) is 22.3. The monoisotopic (exact) mass is 556 g/mol. The second-order valence-corrected chi connectivity index (χ2v) is 12.3. The van der Waals surface area contributed by atoms with Gasteiger partial charge in [0.1, 0.15) is 12.9 Å². The number of esters is 1. The third kappa shape index (κ3) is 6.90. The van der Waals surface area contributed by atoms with Crippen molar-refractivity contribution in [3.8, 4) is 0 Å². The number of fused-ring (bicyclic) bond motifs is 1. The van der Waals surface area contributed by atoms with E-state index < -0.39 is 14.9 Å². The van der Waals surface area contributed by atoms with Crippen LogP contribution in [0.3, 0.4) is 0 Å². The SMILES string of the molecule is COCOC1CC(C)C[C@H]2C[C@H](OC(C)=O)[C@@H](CCCO)C12CCCNS(=O)(=O)c1ccc([N+](=O)[O-])cc1. The second-order valence-electron chi connectivity index (χ2n) is 10.6. The lowest BCUT2D eigenvalue weighted by atomic mass is 9.57. The molecule has 38 heavy (non-hydrogen) atoms. The molecule has 1 aromatic carbocycles. The first-order valence-electron chi connectivity index (χ1n) is 13.2. The van der Waals surface area contributed by atoms with Gasteiger partial charge >= 0.3 is 5.97 Å². The van der Waals surface area contributed by atoms with Gasteiger partial charge in [0.05, 0.1) is 15.9 Å². The predicted molar refractivity (Wildman–Crippen MR) is 139 cm³/mol. The van der Waals surface area contributed by atoms with Gasteiger partial charge in [-0.2, -0.15) is 0 Å². The van der Waals surface area contributed by atoms with Crippen molar-refractivity contribution >= 4 is 21.7 Å². The van der Waals surface area contributed by atoms with Crippen LogP contribution in [0, 0.1) is 33.3 Å². The highest BCUT2D eigenvalue weighted by Crippen LogP contribution is 2.62. The molecule has 1 aromatic rings. The molecular weight excluding hydrogens is 516 g/mol. The van der Waals surface area contributed by atoms with Crippen molar-refractivity contribution in [3.63, 3.8) is 0 Å². The number of nitro groups is 1. The third-order valence-electron chi connectivity index (χ3n) is 8.13. The number of hydrogen-bond acceptors (Lipinski definition) is 9. The molecule has 0 aliphatic heterocycles. The molecule has 0 bridgehead atoms. The molecule has 2 fully saturated rings. The molecule has 2 saturated carbocycles. The van der Waals surface area contributed by atoms with Crippen molar-refractivity contribution in [1.82, 2.24) is 4.72 Å². The fraction of sp³-hybridized carbons (Fsp3) is 0.731. The molecule has 0 saturated heterocycles. The van der Waals surface area contributed by atoms with E-state index in [-0.39, 0.29) is 66.0 Å². The summed E-state index contributed by atoms with van der Waals surface area (Å²) >= 11 is 0. The van der Waals surface area contributed by atoms with Gasteiger partial charge in [0.15, 0.2) is 0 Å². The molecule has 0 radical (unpaired) electrons. The minimum Gasteiger partial charge on any atom is -0.462 e. The number of non-ortho nitro benzene ring substituents is 1. The maximum atomic E-state index is 12.8. The number of benzene rings is 1. The molecule has 3 unspecified atom stereocenters. The summed E-state index contributed by atoms with van der Waals surface area (Å²) in [6.07, 6.45) is 4.43. The molecule has 0 amide bonds. The Balaban J connectivity index is 1.81. The standard InChI is InChI=1S/C26H40N2O9S/c1-18-14-20-16-24(37-19(2)30)23(6-4-13-29)26(20,25(15-18)36-17-35-3)11-5-12-27-38(33,34)22-9-7-21(8-10-22)28(31)32/h7-10,18,20,23-25,27,29H,4-6,11-17H2,1-3H3/t18?,20-,23+,24-,25?,26?/m0/s1. The van der Waals surface area contributed by atoms with E-state index in [0.29, 0.717) is 38.0 Å². The van der Waals surface area contributed by atoms with Gasteiger partial charge < -0.3 is 19.3 Å². The number of nitrogens with zero attached hydrogens (tertiary/aromatic N) is 1. The van der Waals surface area contributed by atoms with E-state index in [1.807, 2.05) is 0 Å². The zero-order chi connectivity index (χ0) is 27.9. The first-order valence-corrected chi connectivity index (χ1v) is 14.7. The Bertz CT molecular complexity index is 1050. The summed E-state index contributed by atoms with van der Waals surface area (Å²) in [6, 6.07) is 4.77. The Labute approximate surface area is 224 Å². The number of nitro benzene ring substituents is 1. The average Bonchev–Trinajstić information content (AvgIpc) is 3.15. The molecule has 2 aliphatic carbocycles. The third-order valence-corrected chi connectivity index (χ3v) is 9.61. The Kier molecular flexibility index (Phi) is 10.6. The van der Waals surface area contributed by atoms with Crippen LogP contribution in [0.4, 0.5) is 5.69 Å². The van der Waals surface area contributed by atoms with Gasteiger partial charge in [-0.15, -0.1) is 0 Å². The summed E-state index contributed by atoms with van der Waals surface area (Å²) in [5.74, 6) is 0.248. The maximum absolute atomic E-state index is 12.8. The van der Waals surface area contributed by atoms with Gasteiger partial charge in [-0.05, 0) is 68.9 Å². The number of ether oxygens (including phenoxy) is 3. The van der Waals surface area contributed by atoms with Gasteiger partial charge in [-0.25, -0.2) is 13.1 Å². The van der Waals surface area contributed by atoms with Crippen LogP contribution in [0.5, 0.6) is 0 Å². The van der Waals surface area contributed by atoms with Gasteiger partial charge in [0, 0.05) is 50.7 Å². The number of methoxy groups -OCH3 is 1. The minimum atomic E-state index is -3.85. The first-order chi connectivity index (χ1) is 18.0. The van der Waals surface area contributed by atoms with Crippen LogP contribution in [-0.2, 0) is 29.0 Å². The number of hydrogen-bond donors (Lipinski definition) is 2. The number of sulfonamides is 1. The number of nitrogens with one attached hydrogen (secondary N) is 1. The van der Waals surface area contributed by atoms with Crippen molar-refractivity contribution in [2.45, 2.75) is 75.9 Å². The Morgan fingerprint density at radius 2 is 1.92 bits per heavy atom. The Morgan fingerprint density at radius 3 is 2.53 bits per heavy atom. The smallest absolute Gasteiger partial charge is 0.302 e. The van der Waals surface area contributed by atoms with E-state index in [1.165, 1.54) is 31.2 Å². The van der Waals surface area contributed by atoms with Crippen LogP contribution in [0.15, 0.2) is 29.2 Å². The highest BCUT2D eigenvalue weighted by molar-refractivity contribution is 7.89. The van der Waals surface area contributed by atoms with Crippen molar-refractivity contribution in [2.75, 3.05) is 27.1 Å². The van der Waals surface area contributed by atoms with Crippen molar-refractivity contribution in [2.24, 2.45) is 23.2 Å². The average molecular weight is 557 g/mol. The maximum Gasteiger partial charge on any atom is 0.302 e. The minimum absolute atomic E-state index is 0.0269. The molecule has 3 rings (SSSR count). The zero-order valence-corrected chi connectivity index (χ0v) is 23.2. The van der Waals surface area contributed by atoms with Gasteiger partial charge in [0.25, 0.3) is 5.69 Å². The van der Waals surface area contributed by atoms with E-state index >= 15 is 0 Å². The van der Waals surface area contributed by atoms with Crippen molar-refractivity contribution in [3.05, 3.63) is 34.4 Å². The van der Waals surface area contributed by atoms with Crippen LogP contribution in [0.2, 0.25) is 0 Å². The summed E-state index contributed by atoms with van der Waals surface area (Å²) in [5.41, 5.74) is -0.542. The molecule has 6 atom stereocenters. The largest absolute Gasteiger partial charge is 0.462 e. The Morgan fingerprint density at radius 1 is 1.21 bits per heavy atom. The highest BCUT2D eigenvalue weighted by Gasteiger charge is 2.61. The molecule has 0 heterocycles. The van der Waals surface area contributed by atoms with E-state index in [1.54, 1.807) is 7.11 Å². The van der Waals surface area contributed by atoms with Crippen LogP contribution < -0.4 is 4.72 Å². The van der Waals surface area contributed by atoms with Crippen LogP contribution in [-0.4, -0.2) is 63.7 Å². The number of rotatable bonds is 14. The van der Waals surface area contributed by atoms with E-state index in [2.05, 4.69) is 11.6 Å². The molecule has 11 nitrogen and oxygen atoms in total.